The van der Waals surface area contributed by atoms with Gasteiger partial charge in [0.15, 0.2) is 0 Å². The van der Waals surface area contributed by atoms with E-state index >= 15 is 0 Å². The van der Waals surface area contributed by atoms with Crippen LogP contribution in [0.5, 0.6) is 0 Å². The number of aliphatic carboxylic acids is 1. The summed E-state index contributed by atoms with van der Waals surface area (Å²) in [6.45, 7) is 12.6. The van der Waals surface area contributed by atoms with Gasteiger partial charge < -0.3 is 53.6 Å². The fourth-order valence-corrected chi connectivity index (χ4v) is 3.30. The largest absolute Gasteiger partial charge is 0.480 e. The highest BCUT2D eigenvalue weighted by Gasteiger charge is 2.12. The third-order valence-corrected chi connectivity index (χ3v) is 5.62. The predicted octanol–water partition coefficient (Wildman–Crippen LogP) is 1.92. The summed E-state index contributed by atoms with van der Waals surface area (Å²) in [5.41, 5.74) is 8.00. The standard InChI is InChI=1S/C30H52N2O11/c1-3-8-35-9-10-36-11-12-37-13-14-38-15-16-39-17-18-40-19-20-41-21-22-42-23-24-43-32-26(2)28-6-4-27(5-7-28)25-29(31)30(33)34/h4-7,29H,3,8-25,31H2,1-2H3,(H,33,34)/t29-/m0/s1. The van der Waals surface area contributed by atoms with Crippen LogP contribution in [0.15, 0.2) is 29.4 Å². The van der Waals surface area contributed by atoms with Gasteiger partial charge in [0.2, 0.25) is 0 Å². The number of hydrogen-bond acceptors (Lipinski definition) is 12. The molecule has 3 N–H and O–H groups in total. The van der Waals surface area contributed by atoms with Crippen molar-refractivity contribution in [3.05, 3.63) is 35.4 Å². The van der Waals surface area contributed by atoms with Gasteiger partial charge in [-0.15, -0.1) is 0 Å². The lowest BCUT2D eigenvalue weighted by Crippen LogP contribution is -2.32. The lowest BCUT2D eigenvalue weighted by molar-refractivity contribution is -0.138. The first-order valence-corrected chi connectivity index (χ1v) is 14.9. The Labute approximate surface area is 255 Å². The number of nitrogens with two attached hydrogens (primary N) is 1. The molecule has 0 bridgehead atoms. The summed E-state index contributed by atoms with van der Waals surface area (Å²) < 4.78 is 43.5. The van der Waals surface area contributed by atoms with Crippen LogP contribution in [0, 0.1) is 0 Å². The third-order valence-electron chi connectivity index (χ3n) is 5.62. The molecule has 0 unspecified atom stereocenters. The zero-order valence-electron chi connectivity index (χ0n) is 25.9. The molecule has 1 aromatic rings. The second-order valence-electron chi connectivity index (χ2n) is 9.25. The average molecular weight is 617 g/mol. The fourth-order valence-electron chi connectivity index (χ4n) is 3.30. The van der Waals surface area contributed by atoms with E-state index in [4.69, 9.17) is 53.6 Å². The number of carboxylic acids is 1. The Morgan fingerprint density at radius 2 is 1.00 bits per heavy atom. The van der Waals surface area contributed by atoms with Crippen molar-refractivity contribution in [2.24, 2.45) is 10.9 Å². The smallest absolute Gasteiger partial charge is 0.320 e. The monoisotopic (exact) mass is 616 g/mol. The minimum Gasteiger partial charge on any atom is -0.480 e. The number of hydrogen-bond donors (Lipinski definition) is 2. The molecule has 1 atom stereocenters. The molecule has 13 heteroatoms. The Morgan fingerprint density at radius 1 is 0.651 bits per heavy atom. The zero-order chi connectivity index (χ0) is 31.2. The lowest BCUT2D eigenvalue weighted by atomic mass is 10.0. The first kappa shape index (κ1) is 38.8. The maximum Gasteiger partial charge on any atom is 0.320 e. The van der Waals surface area contributed by atoms with E-state index in [2.05, 4.69) is 12.1 Å². The molecule has 0 radical (unpaired) electrons. The highest BCUT2D eigenvalue weighted by Crippen LogP contribution is 2.08. The van der Waals surface area contributed by atoms with E-state index in [1.807, 2.05) is 31.2 Å². The van der Waals surface area contributed by atoms with E-state index in [1.165, 1.54) is 0 Å². The Morgan fingerprint density at radius 3 is 1.35 bits per heavy atom. The van der Waals surface area contributed by atoms with Crippen LogP contribution in [0.2, 0.25) is 0 Å². The number of benzene rings is 1. The van der Waals surface area contributed by atoms with Crippen molar-refractivity contribution in [3.63, 3.8) is 0 Å². The molecule has 0 aliphatic rings. The summed E-state index contributed by atoms with van der Waals surface area (Å²) in [7, 11) is 0. The molecule has 13 nitrogen and oxygen atoms in total. The average Bonchev–Trinajstić information content (AvgIpc) is 3.00. The van der Waals surface area contributed by atoms with Crippen LogP contribution in [0.3, 0.4) is 0 Å². The molecule has 248 valence electrons. The highest BCUT2D eigenvalue weighted by molar-refractivity contribution is 5.98. The summed E-state index contributed by atoms with van der Waals surface area (Å²) in [5.74, 6) is -1.02. The molecule has 43 heavy (non-hydrogen) atoms. The summed E-state index contributed by atoms with van der Waals surface area (Å²) in [4.78, 5) is 16.2. The Kier molecular flexibility index (Phi) is 25.8. The number of carboxylic acid groups (broad SMARTS) is 1. The van der Waals surface area contributed by atoms with Gasteiger partial charge in [-0.25, -0.2) is 0 Å². The summed E-state index contributed by atoms with van der Waals surface area (Å²) >= 11 is 0. The molecular formula is C30H52N2O11. The number of nitrogens with zero attached hydrogens (tertiary/aromatic N) is 1. The number of rotatable bonds is 31. The van der Waals surface area contributed by atoms with Gasteiger partial charge >= 0.3 is 5.97 Å². The van der Waals surface area contributed by atoms with Crippen LogP contribution in [0.1, 0.15) is 31.4 Å². The van der Waals surface area contributed by atoms with Crippen molar-refractivity contribution in [1.29, 1.82) is 0 Å². The molecule has 0 aliphatic heterocycles. The molecule has 0 fully saturated rings. The van der Waals surface area contributed by atoms with E-state index in [9.17, 15) is 4.79 Å². The molecule has 0 aliphatic carbocycles. The topological polar surface area (TPSA) is 159 Å². The molecule has 0 amide bonds. The van der Waals surface area contributed by atoms with Gasteiger partial charge in [-0.2, -0.15) is 0 Å². The van der Waals surface area contributed by atoms with Gasteiger partial charge in [0, 0.05) is 6.61 Å². The van der Waals surface area contributed by atoms with E-state index in [0.29, 0.717) is 111 Å². The second-order valence-corrected chi connectivity index (χ2v) is 9.25. The van der Waals surface area contributed by atoms with Crippen LogP contribution in [0.4, 0.5) is 0 Å². The fraction of sp³-hybridized carbons (Fsp3) is 0.733. The molecule has 0 aromatic heterocycles. The Balaban J connectivity index is 1.80. The van der Waals surface area contributed by atoms with Crippen molar-refractivity contribution in [2.75, 3.05) is 112 Å². The summed E-state index contributed by atoms with van der Waals surface area (Å²) in [6, 6.07) is 6.47. The van der Waals surface area contributed by atoms with Crippen LogP contribution in [-0.4, -0.2) is 135 Å². The van der Waals surface area contributed by atoms with Gasteiger partial charge in [-0.1, -0.05) is 36.3 Å². The maximum atomic E-state index is 10.9. The highest BCUT2D eigenvalue weighted by atomic mass is 16.6. The molecular weight excluding hydrogens is 564 g/mol. The van der Waals surface area contributed by atoms with E-state index in [1.54, 1.807) is 0 Å². The predicted molar refractivity (Wildman–Crippen MR) is 161 cm³/mol. The minimum atomic E-state index is -1.02. The van der Waals surface area contributed by atoms with Crippen molar-refractivity contribution < 1.29 is 52.6 Å². The molecule has 0 saturated heterocycles. The quantitative estimate of drug-likeness (QED) is 0.0710. The summed E-state index contributed by atoms with van der Waals surface area (Å²) in [5, 5.41) is 13.0. The van der Waals surface area contributed by atoms with Crippen molar-refractivity contribution in [2.45, 2.75) is 32.7 Å². The number of ether oxygens (including phenoxy) is 8. The molecule has 0 spiro atoms. The first-order chi connectivity index (χ1) is 21.0. The SMILES string of the molecule is CCCOCCOCCOCCOCCOCCOCCOCCOCCON=C(C)c1ccc(C[C@H](N)C(=O)O)cc1. The maximum absolute atomic E-state index is 10.9. The van der Waals surface area contributed by atoms with E-state index in [0.717, 1.165) is 24.2 Å². The van der Waals surface area contributed by atoms with Gasteiger partial charge in [0.05, 0.1) is 105 Å². The normalized spacial score (nSPS) is 12.5. The van der Waals surface area contributed by atoms with E-state index in [-0.39, 0.29) is 6.42 Å². The van der Waals surface area contributed by atoms with Crippen LogP contribution < -0.4 is 5.73 Å². The Bertz CT molecular complexity index is 812. The van der Waals surface area contributed by atoms with Crippen molar-refractivity contribution >= 4 is 11.7 Å². The van der Waals surface area contributed by atoms with Gasteiger partial charge in [0.1, 0.15) is 12.6 Å². The van der Waals surface area contributed by atoms with Crippen molar-refractivity contribution in [3.8, 4) is 0 Å². The molecule has 1 rings (SSSR count). The van der Waals surface area contributed by atoms with E-state index < -0.39 is 12.0 Å². The lowest BCUT2D eigenvalue weighted by Gasteiger charge is -2.09. The molecule has 1 aromatic carbocycles. The molecule has 0 heterocycles. The molecule has 0 saturated carbocycles. The van der Waals surface area contributed by atoms with Gasteiger partial charge in [-0.05, 0) is 30.9 Å². The third kappa shape index (κ3) is 23.9. The first-order valence-electron chi connectivity index (χ1n) is 14.9. The van der Waals surface area contributed by atoms with Crippen LogP contribution >= 0.6 is 0 Å². The number of carbonyl (C=O) groups is 1. The van der Waals surface area contributed by atoms with Crippen LogP contribution in [-0.2, 0) is 53.9 Å². The van der Waals surface area contributed by atoms with Crippen molar-refractivity contribution in [1.82, 2.24) is 0 Å². The summed E-state index contributed by atoms with van der Waals surface area (Å²) in [6.07, 6.45) is 1.29. The van der Waals surface area contributed by atoms with Gasteiger partial charge in [0.25, 0.3) is 0 Å². The van der Waals surface area contributed by atoms with Crippen LogP contribution in [0.25, 0.3) is 0 Å². The van der Waals surface area contributed by atoms with Gasteiger partial charge in [-0.3, -0.25) is 4.79 Å². The Hall–Kier alpha value is -2.20. The zero-order valence-corrected chi connectivity index (χ0v) is 25.9. The minimum absolute atomic E-state index is 0.272. The second kappa shape index (κ2) is 28.6. The number of oxime groups is 1.